The largest absolute Gasteiger partial charge is 0.324 e. The molecule has 0 unspecified atom stereocenters. The molecule has 1 N–H and O–H groups in total. The van der Waals surface area contributed by atoms with Gasteiger partial charge in [0, 0.05) is 12.8 Å². The number of likely N-dealkylation sites (tertiary alicyclic amines) is 1. The van der Waals surface area contributed by atoms with Crippen molar-refractivity contribution in [3.8, 4) is 6.07 Å². The number of piperidine rings is 1. The van der Waals surface area contributed by atoms with Crippen molar-refractivity contribution in [2.24, 2.45) is 0 Å². The standard InChI is InChI=1S/C22H19ClFN3O2/c23-17-12-16(6-7-18(17)24)27-20(28)13-19(21(27)29)26-10-8-22(14-25,9-11-26)15-4-2-1-3-5-15/h1-7,12,19H,8-11,13H2/p+1/t19-/m0/s1. The fourth-order valence-corrected chi connectivity index (χ4v) is 4.59. The van der Waals surface area contributed by atoms with Gasteiger partial charge in [0.25, 0.3) is 5.91 Å². The minimum absolute atomic E-state index is 0.105. The van der Waals surface area contributed by atoms with E-state index in [4.69, 9.17) is 11.6 Å². The molecule has 29 heavy (non-hydrogen) atoms. The molecule has 2 aromatic carbocycles. The quantitative estimate of drug-likeness (QED) is 0.786. The van der Waals surface area contributed by atoms with Crippen LogP contribution in [0.1, 0.15) is 24.8 Å². The molecule has 5 nitrogen and oxygen atoms in total. The van der Waals surface area contributed by atoms with E-state index in [-0.39, 0.29) is 23.3 Å². The fraction of sp³-hybridized carbons (Fsp3) is 0.318. The second-order valence-corrected chi connectivity index (χ2v) is 8.05. The predicted molar refractivity (Wildman–Crippen MR) is 106 cm³/mol. The molecule has 2 saturated heterocycles. The Balaban J connectivity index is 1.51. The Morgan fingerprint density at radius 2 is 1.83 bits per heavy atom. The zero-order valence-corrected chi connectivity index (χ0v) is 16.5. The van der Waals surface area contributed by atoms with E-state index in [9.17, 15) is 19.2 Å². The molecule has 2 aromatic rings. The number of carbonyl (C=O) groups excluding carboxylic acids is 2. The molecular formula is C22H20ClFN3O2+. The van der Waals surface area contributed by atoms with Crippen molar-refractivity contribution in [3.63, 3.8) is 0 Å². The number of halogens is 2. The van der Waals surface area contributed by atoms with Gasteiger partial charge in [-0.05, 0) is 23.8 Å². The average molecular weight is 413 g/mol. The highest BCUT2D eigenvalue weighted by molar-refractivity contribution is 6.31. The smallest absolute Gasteiger partial charge is 0.292 e. The first-order valence-corrected chi connectivity index (χ1v) is 9.96. The summed E-state index contributed by atoms with van der Waals surface area (Å²) in [5.41, 5.74) is 0.736. The van der Waals surface area contributed by atoms with Gasteiger partial charge < -0.3 is 4.90 Å². The van der Waals surface area contributed by atoms with Crippen LogP contribution in [0.15, 0.2) is 48.5 Å². The van der Waals surface area contributed by atoms with Gasteiger partial charge in [-0.3, -0.25) is 9.59 Å². The molecule has 2 heterocycles. The molecule has 0 aromatic heterocycles. The number of imide groups is 1. The fourth-order valence-electron chi connectivity index (χ4n) is 4.41. The summed E-state index contributed by atoms with van der Waals surface area (Å²) in [5.74, 6) is -1.20. The van der Waals surface area contributed by atoms with Crippen molar-refractivity contribution in [2.45, 2.75) is 30.7 Å². The number of nitriles is 1. The lowest BCUT2D eigenvalue weighted by Crippen LogP contribution is -3.18. The second-order valence-electron chi connectivity index (χ2n) is 7.64. The molecule has 2 amide bonds. The minimum Gasteiger partial charge on any atom is -0.324 e. The lowest BCUT2D eigenvalue weighted by molar-refractivity contribution is -0.920. The first-order chi connectivity index (χ1) is 13.9. The summed E-state index contributed by atoms with van der Waals surface area (Å²) in [6.07, 6.45) is 1.36. The molecule has 0 bridgehead atoms. The Morgan fingerprint density at radius 1 is 1.14 bits per heavy atom. The van der Waals surface area contributed by atoms with Crippen LogP contribution in [0.5, 0.6) is 0 Å². The Labute approximate surface area is 173 Å². The summed E-state index contributed by atoms with van der Waals surface area (Å²) in [5, 5.41) is 9.72. The normalized spacial score (nSPS) is 27.1. The molecule has 0 saturated carbocycles. The van der Waals surface area contributed by atoms with Crippen molar-refractivity contribution in [1.29, 1.82) is 5.26 Å². The number of nitrogens with one attached hydrogen (secondary N) is 1. The number of anilines is 1. The maximum atomic E-state index is 13.4. The summed E-state index contributed by atoms with van der Waals surface area (Å²) < 4.78 is 13.4. The average Bonchev–Trinajstić information content (AvgIpc) is 3.05. The third-order valence-corrected chi connectivity index (χ3v) is 6.38. The molecule has 7 heteroatoms. The number of rotatable bonds is 3. The van der Waals surface area contributed by atoms with Gasteiger partial charge in [0.15, 0.2) is 6.04 Å². The summed E-state index contributed by atoms with van der Waals surface area (Å²) in [6, 6.07) is 15.6. The Bertz CT molecular complexity index is 997. The lowest BCUT2D eigenvalue weighted by Gasteiger charge is -2.37. The van der Waals surface area contributed by atoms with E-state index in [0.717, 1.165) is 21.4 Å². The molecule has 2 aliphatic rings. The molecule has 0 spiro atoms. The molecule has 0 radical (unpaired) electrons. The number of nitrogens with zero attached hydrogens (tertiary/aromatic N) is 2. The molecular weight excluding hydrogens is 393 g/mol. The van der Waals surface area contributed by atoms with Crippen molar-refractivity contribution in [2.75, 3.05) is 18.0 Å². The third kappa shape index (κ3) is 3.41. The van der Waals surface area contributed by atoms with Crippen molar-refractivity contribution in [1.82, 2.24) is 0 Å². The highest BCUT2D eigenvalue weighted by Crippen LogP contribution is 2.32. The number of carbonyl (C=O) groups is 2. The predicted octanol–water partition coefficient (Wildman–Crippen LogP) is 2.25. The molecule has 148 valence electrons. The summed E-state index contributed by atoms with van der Waals surface area (Å²) in [7, 11) is 0. The molecule has 2 aliphatic heterocycles. The second kappa shape index (κ2) is 7.58. The van der Waals surface area contributed by atoms with Gasteiger partial charge in [0.1, 0.15) is 5.82 Å². The van der Waals surface area contributed by atoms with Crippen molar-refractivity contribution >= 4 is 29.1 Å². The maximum absolute atomic E-state index is 13.4. The van der Waals surface area contributed by atoms with Crippen molar-refractivity contribution < 1.29 is 18.9 Å². The first kappa shape index (κ1) is 19.6. The minimum atomic E-state index is -0.596. The number of quaternary nitrogens is 1. The van der Waals surface area contributed by atoms with Crippen LogP contribution < -0.4 is 9.80 Å². The van der Waals surface area contributed by atoms with Gasteiger partial charge in [-0.25, -0.2) is 9.29 Å². The molecule has 4 rings (SSSR count). The van der Waals surface area contributed by atoms with Gasteiger partial charge in [-0.2, -0.15) is 5.26 Å². The SMILES string of the molecule is N#CC1(c2ccccc2)CC[NH+]([C@H]2CC(=O)N(c3ccc(F)c(Cl)c3)C2=O)CC1. The van der Waals surface area contributed by atoms with E-state index >= 15 is 0 Å². The number of hydrogen-bond acceptors (Lipinski definition) is 3. The van der Waals surface area contributed by atoms with Crippen LogP contribution in [0.4, 0.5) is 10.1 Å². The Morgan fingerprint density at radius 3 is 2.45 bits per heavy atom. The van der Waals surface area contributed by atoms with Gasteiger partial charge in [0.2, 0.25) is 5.91 Å². The van der Waals surface area contributed by atoms with Crippen LogP contribution in [0.3, 0.4) is 0 Å². The highest BCUT2D eigenvalue weighted by Gasteiger charge is 2.49. The van der Waals surface area contributed by atoms with Gasteiger partial charge in [-0.1, -0.05) is 41.9 Å². The third-order valence-electron chi connectivity index (χ3n) is 6.09. The number of amides is 2. The maximum Gasteiger partial charge on any atom is 0.292 e. The monoisotopic (exact) mass is 412 g/mol. The summed E-state index contributed by atoms with van der Waals surface area (Å²) in [6.45, 7) is 1.26. The van der Waals surface area contributed by atoms with Crippen molar-refractivity contribution in [3.05, 3.63) is 64.9 Å². The lowest BCUT2D eigenvalue weighted by atomic mass is 9.74. The Hall–Kier alpha value is -2.75. The van der Waals surface area contributed by atoms with E-state index < -0.39 is 17.3 Å². The number of hydrogen-bond donors (Lipinski definition) is 1. The Kier molecular flexibility index (Phi) is 5.12. The molecule has 0 aliphatic carbocycles. The van der Waals surface area contributed by atoms with Gasteiger partial charge >= 0.3 is 0 Å². The van der Waals surface area contributed by atoms with E-state index in [2.05, 4.69) is 6.07 Å². The van der Waals surface area contributed by atoms with Crippen LogP contribution in [0.25, 0.3) is 0 Å². The van der Waals surface area contributed by atoms with Crippen LogP contribution in [-0.4, -0.2) is 30.9 Å². The van der Waals surface area contributed by atoms with Crippen LogP contribution >= 0.6 is 11.6 Å². The van der Waals surface area contributed by atoms with Gasteiger partial charge in [0.05, 0.1) is 41.7 Å². The zero-order valence-electron chi connectivity index (χ0n) is 15.7. The van der Waals surface area contributed by atoms with Crippen LogP contribution in [0, 0.1) is 17.1 Å². The molecule has 2 fully saturated rings. The zero-order chi connectivity index (χ0) is 20.6. The summed E-state index contributed by atoms with van der Waals surface area (Å²) >= 11 is 5.82. The first-order valence-electron chi connectivity index (χ1n) is 9.58. The number of benzene rings is 2. The van der Waals surface area contributed by atoms with E-state index in [1.807, 2.05) is 30.3 Å². The van der Waals surface area contributed by atoms with E-state index in [0.29, 0.717) is 31.6 Å². The summed E-state index contributed by atoms with van der Waals surface area (Å²) in [4.78, 5) is 27.7. The topological polar surface area (TPSA) is 65.6 Å². The van der Waals surface area contributed by atoms with Crippen LogP contribution in [0.2, 0.25) is 5.02 Å². The van der Waals surface area contributed by atoms with Crippen LogP contribution in [-0.2, 0) is 15.0 Å². The van der Waals surface area contributed by atoms with Gasteiger partial charge in [-0.15, -0.1) is 0 Å². The van der Waals surface area contributed by atoms with E-state index in [1.54, 1.807) is 0 Å². The molecule has 1 atom stereocenters. The highest BCUT2D eigenvalue weighted by atomic mass is 35.5. The van der Waals surface area contributed by atoms with E-state index in [1.165, 1.54) is 12.1 Å².